The Morgan fingerprint density at radius 3 is 2.87 bits per heavy atom. The van der Waals surface area contributed by atoms with Crippen molar-refractivity contribution >= 4 is 0 Å². The first-order valence-electron chi connectivity index (χ1n) is 5.59. The van der Waals surface area contributed by atoms with Gasteiger partial charge < -0.3 is 14.6 Å². The molecule has 0 aliphatic heterocycles. The molecule has 0 saturated heterocycles. The Balaban J connectivity index is 2.06. The zero-order valence-electron chi connectivity index (χ0n) is 9.99. The smallest absolute Gasteiger partial charge is 0.103 e. The summed E-state index contributed by atoms with van der Waals surface area (Å²) in [6.07, 6.45) is 3.88. The van der Waals surface area contributed by atoms with E-state index in [9.17, 15) is 0 Å². The van der Waals surface area contributed by atoms with E-state index in [1.807, 2.05) is 12.1 Å². The zero-order chi connectivity index (χ0) is 11.1. The van der Waals surface area contributed by atoms with Crippen LogP contribution >= 0.6 is 0 Å². The molecule has 0 radical (unpaired) electrons. The van der Waals surface area contributed by atoms with E-state index in [4.69, 9.17) is 4.42 Å². The number of rotatable bonds is 7. The summed E-state index contributed by atoms with van der Waals surface area (Å²) in [5, 5.41) is 3.49. The van der Waals surface area contributed by atoms with Gasteiger partial charge in [-0.25, -0.2) is 0 Å². The molecule has 1 unspecified atom stereocenters. The van der Waals surface area contributed by atoms with Gasteiger partial charge in [0.05, 0.1) is 6.26 Å². The van der Waals surface area contributed by atoms with Gasteiger partial charge in [-0.1, -0.05) is 0 Å². The summed E-state index contributed by atoms with van der Waals surface area (Å²) in [6.45, 7) is 4.36. The molecular formula is C12H22N2O. The molecule has 1 heterocycles. The number of furan rings is 1. The summed E-state index contributed by atoms with van der Waals surface area (Å²) < 4.78 is 5.29. The lowest BCUT2D eigenvalue weighted by molar-refractivity contribution is 0.379. The van der Waals surface area contributed by atoms with Gasteiger partial charge in [-0.2, -0.15) is 0 Å². The highest BCUT2D eigenvalue weighted by Gasteiger charge is 2.03. The van der Waals surface area contributed by atoms with Crippen molar-refractivity contribution in [1.29, 1.82) is 0 Å². The van der Waals surface area contributed by atoms with Crippen LogP contribution in [0, 0.1) is 0 Å². The van der Waals surface area contributed by atoms with Crippen LogP contribution in [0.4, 0.5) is 0 Å². The Kier molecular flexibility index (Phi) is 5.43. The number of aryl methyl sites for hydroxylation is 1. The molecule has 1 atom stereocenters. The van der Waals surface area contributed by atoms with Crippen molar-refractivity contribution < 1.29 is 4.42 Å². The molecule has 0 fully saturated rings. The topological polar surface area (TPSA) is 28.4 Å². The Labute approximate surface area is 92.5 Å². The van der Waals surface area contributed by atoms with Gasteiger partial charge >= 0.3 is 0 Å². The molecule has 1 rings (SSSR count). The Morgan fingerprint density at radius 2 is 2.27 bits per heavy atom. The molecule has 3 nitrogen and oxygen atoms in total. The van der Waals surface area contributed by atoms with E-state index in [1.54, 1.807) is 6.26 Å². The van der Waals surface area contributed by atoms with Crippen LogP contribution in [-0.4, -0.2) is 38.1 Å². The highest BCUT2D eigenvalue weighted by molar-refractivity contribution is 4.98. The minimum Gasteiger partial charge on any atom is -0.469 e. The van der Waals surface area contributed by atoms with Crippen molar-refractivity contribution in [2.45, 2.75) is 25.8 Å². The molecule has 15 heavy (non-hydrogen) atoms. The fourth-order valence-corrected chi connectivity index (χ4v) is 1.45. The molecule has 0 aliphatic carbocycles. The number of hydrogen-bond acceptors (Lipinski definition) is 3. The van der Waals surface area contributed by atoms with Gasteiger partial charge in [0.25, 0.3) is 0 Å². The Morgan fingerprint density at radius 1 is 1.47 bits per heavy atom. The minimum absolute atomic E-state index is 0.551. The van der Waals surface area contributed by atoms with Gasteiger partial charge in [-0.05, 0) is 39.6 Å². The minimum atomic E-state index is 0.551. The highest BCUT2D eigenvalue weighted by Crippen LogP contribution is 2.05. The van der Waals surface area contributed by atoms with Gasteiger partial charge in [-0.15, -0.1) is 0 Å². The van der Waals surface area contributed by atoms with Crippen molar-refractivity contribution in [3.05, 3.63) is 24.2 Å². The Bertz CT molecular complexity index is 244. The van der Waals surface area contributed by atoms with E-state index in [0.717, 1.165) is 31.7 Å². The van der Waals surface area contributed by atoms with Crippen LogP contribution in [-0.2, 0) is 6.42 Å². The predicted molar refractivity (Wildman–Crippen MR) is 63.0 cm³/mol. The van der Waals surface area contributed by atoms with Crippen molar-refractivity contribution in [3.8, 4) is 0 Å². The van der Waals surface area contributed by atoms with Crippen LogP contribution in [0.1, 0.15) is 19.1 Å². The van der Waals surface area contributed by atoms with E-state index in [1.165, 1.54) is 0 Å². The maximum atomic E-state index is 5.29. The third-order valence-electron chi connectivity index (χ3n) is 2.46. The van der Waals surface area contributed by atoms with Crippen LogP contribution in [0.25, 0.3) is 0 Å². The van der Waals surface area contributed by atoms with Gasteiger partial charge in [-0.3, -0.25) is 0 Å². The first-order chi connectivity index (χ1) is 7.18. The quantitative estimate of drug-likeness (QED) is 0.743. The second kappa shape index (κ2) is 6.64. The lowest BCUT2D eigenvalue weighted by Gasteiger charge is -2.15. The molecule has 0 aliphatic rings. The first-order valence-corrected chi connectivity index (χ1v) is 5.59. The lowest BCUT2D eigenvalue weighted by Crippen LogP contribution is -2.33. The third kappa shape index (κ3) is 5.60. The van der Waals surface area contributed by atoms with Gasteiger partial charge in [0.1, 0.15) is 5.76 Å². The van der Waals surface area contributed by atoms with Crippen molar-refractivity contribution in [2.24, 2.45) is 0 Å². The van der Waals surface area contributed by atoms with Gasteiger partial charge in [0.15, 0.2) is 0 Å². The number of likely N-dealkylation sites (N-methyl/N-ethyl adjacent to an activating group) is 1. The Hall–Kier alpha value is -0.800. The van der Waals surface area contributed by atoms with Crippen LogP contribution in [0.2, 0.25) is 0 Å². The largest absolute Gasteiger partial charge is 0.469 e. The molecule has 86 valence electrons. The third-order valence-corrected chi connectivity index (χ3v) is 2.46. The molecule has 0 saturated carbocycles. The molecule has 1 aromatic rings. The molecule has 3 heteroatoms. The van der Waals surface area contributed by atoms with Crippen LogP contribution < -0.4 is 5.32 Å². The molecule has 0 aromatic carbocycles. The van der Waals surface area contributed by atoms with E-state index in [0.29, 0.717) is 6.04 Å². The molecule has 1 aromatic heterocycles. The second-order valence-corrected chi connectivity index (χ2v) is 4.28. The fraction of sp³-hybridized carbons (Fsp3) is 0.667. The van der Waals surface area contributed by atoms with Crippen molar-refractivity contribution in [3.63, 3.8) is 0 Å². The van der Waals surface area contributed by atoms with E-state index >= 15 is 0 Å². The zero-order valence-corrected chi connectivity index (χ0v) is 9.99. The molecule has 0 amide bonds. The SMILES string of the molecule is CC(CCc1ccco1)NCCN(C)C. The highest BCUT2D eigenvalue weighted by atomic mass is 16.3. The summed E-state index contributed by atoms with van der Waals surface area (Å²) in [7, 11) is 4.18. The average molecular weight is 210 g/mol. The summed E-state index contributed by atoms with van der Waals surface area (Å²) in [5.74, 6) is 1.08. The summed E-state index contributed by atoms with van der Waals surface area (Å²) in [5.41, 5.74) is 0. The number of hydrogen-bond donors (Lipinski definition) is 1. The van der Waals surface area contributed by atoms with Crippen LogP contribution in [0.5, 0.6) is 0 Å². The fourth-order valence-electron chi connectivity index (χ4n) is 1.45. The first kappa shape index (κ1) is 12.3. The van der Waals surface area contributed by atoms with E-state index < -0.39 is 0 Å². The van der Waals surface area contributed by atoms with Crippen molar-refractivity contribution in [1.82, 2.24) is 10.2 Å². The maximum Gasteiger partial charge on any atom is 0.103 e. The number of nitrogens with one attached hydrogen (secondary N) is 1. The van der Waals surface area contributed by atoms with Crippen LogP contribution in [0.3, 0.4) is 0 Å². The van der Waals surface area contributed by atoms with E-state index in [2.05, 4.69) is 31.2 Å². The van der Waals surface area contributed by atoms with Gasteiger partial charge in [0, 0.05) is 25.6 Å². The standard InChI is InChI=1S/C12H22N2O/c1-11(13-8-9-14(2)3)6-7-12-5-4-10-15-12/h4-5,10-11,13H,6-9H2,1-3H3. The maximum absolute atomic E-state index is 5.29. The number of nitrogens with zero attached hydrogens (tertiary/aromatic N) is 1. The lowest BCUT2D eigenvalue weighted by atomic mass is 10.1. The molecular weight excluding hydrogens is 188 g/mol. The predicted octanol–water partition coefficient (Wildman–Crippen LogP) is 1.75. The normalized spacial score (nSPS) is 13.3. The average Bonchev–Trinajstić information content (AvgIpc) is 2.66. The summed E-state index contributed by atoms with van der Waals surface area (Å²) in [4.78, 5) is 2.19. The van der Waals surface area contributed by atoms with Crippen molar-refractivity contribution in [2.75, 3.05) is 27.2 Å². The molecule has 0 spiro atoms. The monoisotopic (exact) mass is 210 g/mol. The summed E-state index contributed by atoms with van der Waals surface area (Å²) in [6, 6.07) is 4.53. The second-order valence-electron chi connectivity index (χ2n) is 4.28. The van der Waals surface area contributed by atoms with Gasteiger partial charge in [0.2, 0.25) is 0 Å². The van der Waals surface area contributed by atoms with E-state index in [-0.39, 0.29) is 0 Å². The molecule has 0 bridgehead atoms. The summed E-state index contributed by atoms with van der Waals surface area (Å²) >= 11 is 0. The van der Waals surface area contributed by atoms with Crippen LogP contribution in [0.15, 0.2) is 22.8 Å². The molecule has 1 N–H and O–H groups in total.